The number of cyclic esters (lactones) is 2. The van der Waals surface area contributed by atoms with Gasteiger partial charge in [0, 0.05) is 5.69 Å². The van der Waals surface area contributed by atoms with Crippen molar-refractivity contribution in [3.63, 3.8) is 0 Å². The maximum atomic E-state index is 13.4. The molecule has 1 aromatic carbocycles. The molecule has 0 aliphatic carbocycles. The summed E-state index contributed by atoms with van der Waals surface area (Å²) in [7, 11) is 0. The zero-order valence-corrected chi connectivity index (χ0v) is 14.4. The molecule has 1 aromatic rings. The van der Waals surface area contributed by atoms with Gasteiger partial charge in [-0.05, 0) is 31.7 Å². The van der Waals surface area contributed by atoms with E-state index in [4.69, 9.17) is 10.5 Å². The molecule has 0 radical (unpaired) electrons. The number of nitrogens with zero attached hydrogens (tertiary/aromatic N) is 2. The van der Waals surface area contributed by atoms with Crippen LogP contribution in [0.4, 0.5) is 34.1 Å². The van der Waals surface area contributed by atoms with Gasteiger partial charge in [0.05, 0.1) is 24.3 Å². The van der Waals surface area contributed by atoms with Crippen molar-refractivity contribution in [2.75, 3.05) is 36.0 Å². The zero-order valence-electron chi connectivity index (χ0n) is 14.4. The molecule has 0 spiro atoms. The summed E-state index contributed by atoms with van der Waals surface area (Å²) in [6.07, 6.45) is -6.59. The molecule has 0 saturated carbocycles. The minimum absolute atomic E-state index is 0.0356. The van der Waals surface area contributed by atoms with E-state index in [9.17, 15) is 22.8 Å². The number of benzene rings is 1. The molecule has 26 heavy (non-hydrogen) atoms. The van der Waals surface area contributed by atoms with E-state index in [1.165, 1.54) is 12.1 Å². The summed E-state index contributed by atoms with van der Waals surface area (Å²) in [5.74, 6) is 0. The Balaban J connectivity index is 0.000000758. The maximum Gasteiger partial charge on any atom is 0.418 e. The van der Waals surface area contributed by atoms with Crippen molar-refractivity contribution in [3.8, 4) is 0 Å². The Bertz CT molecular complexity index is 681. The van der Waals surface area contributed by atoms with E-state index in [1.807, 2.05) is 6.92 Å². The van der Waals surface area contributed by atoms with Gasteiger partial charge in [0.1, 0.15) is 12.7 Å². The van der Waals surface area contributed by atoms with Crippen LogP contribution in [-0.2, 0) is 15.7 Å². The van der Waals surface area contributed by atoms with Crippen molar-refractivity contribution in [1.29, 1.82) is 0 Å². The van der Waals surface area contributed by atoms with E-state index in [2.05, 4.69) is 4.74 Å². The largest absolute Gasteiger partial charge is 0.447 e. The lowest BCUT2D eigenvalue weighted by molar-refractivity contribution is -0.137. The molecule has 0 aromatic heterocycles. The highest BCUT2D eigenvalue weighted by Gasteiger charge is 2.39. The smallest absolute Gasteiger partial charge is 0.418 e. The summed E-state index contributed by atoms with van der Waals surface area (Å²) in [5, 5.41) is 0. The summed E-state index contributed by atoms with van der Waals surface area (Å²) in [6, 6.07) is 3.37. The number of amides is 2. The standard InChI is InChI=1S/C14H13F3N2O4.C2H7N/c1-8-7-19(13(21)23-8)9-2-3-11(10(6-9)14(15,16)17)18-4-5-22-12(18)20;1-2-3/h2-3,6,8H,4-5,7H2,1H3;2-3H2,1H3. The van der Waals surface area contributed by atoms with Crippen molar-refractivity contribution in [2.45, 2.75) is 26.1 Å². The van der Waals surface area contributed by atoms with Crippen molar-refractivity contribution in [1.82, 2.24) is 0 Å². The van der Waals surface area contributed by atoms with Crippen LogP contribution in [0.5, 0.6) is 0 Å². The maximum absolute atomic E-state index is 13.4. The third kappa shape index (κ3) is 4.18. The van der Waals surface area contributed by atoms with E-state index < -0.39 is 30.0 Å². The van der Waals surface area contributed by atoms with Crippen LogP contribution in [0, 0.1) is 0 Å². The highest BCUT2D eigenvalue weighted by molar-refractivity contribution is 5.93. The quantitative estimate of drug-likeness (QED) is 0.859. The lowest BCUT2D eigenvalue weighted by Crippen LogP contribution is -2.28. The van der Waals surface area contributed by atoms with Gasteiger partial charge >= 0.3 is 18.4 Å². The van der Waals surface area contributed by atoms with E-state index in [0.29, 0.717) is 0 Å². The first-order chi connectivity index (χ1) is 12.2. The zero-order chi connectivity index (χ0) is 19.5. The number of anilines is 2. The van der Waals surface area contributed by atoms with Crippen molar-refractivity contribution >= 4 is 23.6 Å². The molecule has 2 aliphatic heterocycles. The number of rotatable bonds is 2. The molecule has 144 valence electrons. The summed E-state index contributed by atoms with van der Waals surface area (Å²) in [5.41, 5.74) is 3.63. The normalized spacial score (nSPS) is 19.8. The number of alkyl halides is 3. The van der Waals surface area contributed by atoms with Gasteiger partial charge in [-0.1, -0.05) is 6.92 Å². The predicted octanol–water partition coefficient (Wildman–Crippen LogP) is 2.97. The fourth-order valence-corrected chi connectivity index (χ4v) is 2.58. The highest BCUT2D eigenvalue weighted by atomic mass is 19.4. The molecule has 3 rings (SSSR count). The second kappa shape index (κ2) is 7.81. The Morgan fingerprint density at radius 2 is 1.88 bits per heavy atom. The molecule has 1 unspecified atom stereocenters. The Morgan fingerprint density at radius 1 is 1.23 bits per heavy atom. The third-order valence-electron chi connectivity index (χ3n) is 3.61. The van der Waals surface area contributed by atoms with Gasteiger partial charge in [0.2, 0.25) is 0 Å². The minimum Gasteiger partial charge on any atom is -0.447 e. The first-order valence-electron chi connectivity index (χ1n) is 8.02. The highest BCUT2D eigenvalue weighted by Crippen LogP contribution is 2.40. The Morgan fingerprint density at radius 3 is 2.35 bits per heavy atom. The van der Waals surface area contributed by atoms with Crippen LogP contribution in [-0.4, -0.2) is 44.5 Å². The molecule has 2 fully saturated rings. The van der Waals surface area contributed by atoms with Crippen molar-refractivity contribution < 1.29 is 32.2 Å². The first-order valence-corrected chi connectivity index (χ1v) is 8.02. The molecule has 2 N–H and O–H groups in total. The van der Waals surface area contributed by atoms with Crippen LogP contribution in [0.2, 0.25) is 0 Å². The average molecular weight is 375 g/mol. The number of halogens is 3. The van der Waals surface area contributed by atoms with Crippen LogP contribution in [0.15, 0.2) is 18.2 Å². The Labute approximate surface area is 148 Å². The van der Waals surface area contributed by atoms with Gasteiger partial charge in [-0.25, -0.2) is 9.59 Å². The number of carbonyl (C=O) groups is 2. The summed E-state index contributed by atoms with van der Waals surface area (Å²) in [4.78, 5) is 25.3. The average Bonchev–Trinajstić information content (AvgIpc) is 3.12. The fraction of sp³-hybridized carbons (Fsp3) is 0.500. The van der Waals surface area contributed by atoms with Crippen LogP contribution in [0.3, 0.4) is 0 Å². The molecule has 2 aliphatic rings. The van der Waals surface area contributed by atoms with Crippen LogP contribution in [0.1, 0.15) is 19.4 Å². The van der Waals surface area contributed by atoms with E-state index in [-0.39, 0.29) is 31.1 Å². The van der Waals surface area contributed by atoms with Gasteiger partial charge in [0.25, 0.3) is 0 Å². The first kappa shape index (κ1) is 19.8. The molecule has 1 atom stereocenters. The summed E-state index contributed by atoms with van der Waals surface area (Å²) in [6.45, 7) is 4.55. The van der Waals surface area contributed by atoms with Crippen molar-refractivity contribution in [3.05, 3.63) is 23.8 Å². The van der Waals surface area contributed by atoms with E-state index >= 15 is 0 Å². The third-order valence-corrected chi connectivity index (χ3v) is 3.61. The second-order valence-electron chi connectivity index (χ2n) is 5.68. The molecule has 2 heterocycles. The van der Waals surface area contributed by atoms with E-state index in [1.54, 1.807) is 6.92 Å². The van der Waals surface area contributed by atoms with Gasteiger partial charge < -0.3 is 15.2 Å². The number of hydrogen-bond acceptors (Lipinski definition) is 5. The monoisotopic (exact) mass is 375 g/mol. The van der Waals surface area contributed by atoms with Crippen LogP contribution < -0.4 is 15.5 Å². The predicted molar refractivity (Wildman–Crippen MR) is 88.2 cm³/mol. The number of hydrogen-bond donors (Lipinski definition) is 1. The summed E-state index contributed by atoms with van der Waals surface area (Å²) < 4.78 is 49.7. The lowest BCUT2D eigenvalue weighted by atomic mass is 10.1. The second-order valence-corrected chi connectivity index (χ2v) is 5.68. The number of carbonyl (C=O) groups excluding carboxylic acids is 2. The van der Waals surface area contributed by atoms with Crippen LogP contribution in [0.25, 0.3) is 0 Å². The molecule has 10 heteroatoms. The van der Waals surface area contributed by atoms with Gasteiger partial charge in [0.15, 0.2) is 0 Å². The molecule has 7 nitrogen and oxygen atoms in total. The van der Waals surface area contributed by atoms with Gasteiger partial charge in [-0.15, -0.1) is 0 Å². The summed E-state index contributed by atoms with van der Waals surface area (Å²) >= 11 is 0. The Hall–Kier alpha value is -2.49. The van der Waals surface area contributed by atoms with Gasteiger partial charge in [-0.2, -0.15) is 13.2 Å². The van der Waals surface area contributed by atoms with Gasteiger partial charge in [-0.3, -0.25) is 9.80 Å². The van der Waals surface area contributed by atoms with Crippen molar-refractivity contribution in [2.24, 2.45) is 5.73 Å². The number of ether oxygens (including phenoxy) is 2. The Kier molecular flexibility index (Phi) is 5.96. The number of nitrogens with two attached hydrogens (primary N) is 1. The lowest BCUT2D eigenvalue weighted by Gasteiger charge is -2.22. The molecule has 2 amide bonds. The van der Waals surface area contributed by atoms with E-state index in [0.717, 1.165) is 22.4 Å². The molecule has 2 saturated heterocycles. The molecular weight excluding hydrogens is 355 g/mol. The minimum atomic E-state index is -4.68. The molecule has 0 bridgehead atoms. The molecular formula is C16H20F3N3O4. The topological polar surface area (TPSA) is 85.1 Å². The fourth-order valence-electron chi connectivity index (χ4n) is 2.58. The van der Waals surface area contributed by atoms with Crippen LogP contribution >= 0.6 is 0 Å². The SMILES string of the molecule is CC1CN(c2ccc(N3CCOC3=O)c(C(F)(F)F)c2)C(=O)O1.CCN.